The molecule has 2 aromatic rings. The minimum absolute atomic E-state index is 0.625. The first-order valence-electron chi connectivity index (χ1n) is 8.35. The van der Waals surface area contributed by atoms with Gasteiger partial charge in [-0.3, -0.25) is 0 Å². The first kappa shape index (κ1) is 15.7. The Bertz CT molecular complexity index is 601. The van der Waals surface area contributed by atoms with E-state index < -0.39 is 0 Å². The molecule has 1 saturated carbocycles. The van der Waals surface area contributed by atoms with Crippen molar-refractivity contribution < 1.29 is 0 Å². The van der Waals surface area contributed by atoms with Gasteiger partial charge in [0.05, 0.1) is 5.39 Å². The third-order valence-corrected chi connectivity index (χ3v) is 6.71. The van der Waals surface area contributed by atoms with Crippen LogP contribution < -0.4 is 4.90 Å². The van der Waals surface area contributed by atoms with E-state index in [0.717, 1.165) is 28.0 Å². The van der Waals surface area contributed by atoms with Crippen molar-refractivity contribution in [1.82, 2.24) is 15.0 Å². The fourth-order valence-corrected chi connectivity index (χ4v) is 4.55. The van der Waals surface area contributed by atoms with Gasteiger partial charge in [0.15, 0.2) is 0 Å². The molecule has 0 aromatic carbocycles. The monoisotopic (exact) mass is 318 g/mol. The molecule has 1 N–H and O–H groups in total. The van der Waals surface area contributed by atoms with Gasteiger partial charge in [0.25, 0.3) is 0 Å². The van der Waals surface area contributed by atoms with E-state index in [9.17, 15) is 0 Å². The number of rotatable bonds is 7. The standard InChI is InChI=1S/C17H26N4S/c1-4-14(5-2)22-10-12-8-13(9-12)21(3)17-15-6-7-18-16(15)19-11-20-17/h6-7,11-14H,4-5,8-10H2,1-3H3,(H,18,19,20)/t12-,13+. The number of fused-ring (bicyclic) bond motifs is 1. The number of aromatic nitrogens is 3. The fourth-order valence-electron chi connectivity index (χ4n) is 3.26. The highest BCUT2D eigenvalue weighted by molar-refractivity contribution is 7.99. The van der Waals surface area contributed by atoms with Crippen molar-refractivity contribution in [2.24, 2.45) is 5.92 Å². The van der Waals surface area contributed by atoms with E-state index >= 15 is 0 Å². The molecule has 22 heavy (non-hydrogen) atoms. The molecule has 2 heterocycles. The maximum atomic E-state index is 4.50. The number of hydrogen-bond donors (Lipinski definition) is 1. The molecule has 120 valence electrons. The van der Waals surface area contributed by atoms with Crippen LogP contribution in [0.15, 0.2) is 18.6 Å². The van der Waals surface area contributed by atoms with E-state index in [1.165, 1.54) is 31.4 Å². The number of thioether (sulfide) groups is 1. The lowest BCUT2D eigenvalue weighted by atomic mass is 9.81. The summed E-state index contributed by atoms with van der Waals surface area (Å²) >= 11 is 2.17. The highest BCUT2D eigenvalue weighted by Crippen LogP contribution is 2.37. The predicted octanol–water partition coefficient (Wildman–Crippen LogP) is 4.09. The molecule has 1 aliphatic rings. The molecule has 0 aliphatic heterocycles. The fraction of sp³-hybridized carbons (Fsp3) is 0.647. The lowest BCUT2D eigenvalue weighted by Gasteiger charge is -2.42. The minimum atomic E-state index is 0.625. The van der Waals surface area contributed by atoms with Crippen LogP contribution in [-0.4, -0.2) is 39.0 Å². The topological polar surface area (TPSA) is 44.8 Å². The minimum Gasteiger partial charge on any atom is -0.356 e. The van der Waals surface area contributed by atoms with Gasteiger partial charge in [-0.1, -0.05) is 13.8 Å². The Balaban J connectivity index is 1.55. The largest absolute Gasteiger partial charge is 0.356 e. The van der Waals surface area contributed by atoms with Gasteiger partial charge < -0.3 is 9.88 Å². The molecule has 0 amide bonds. The average Bonchev–Trinajstić information content (AvgIpc) is 2.97. The zero-order valence-electron chi connectivity index (χ0n) is 13.7. The van der Waals surface area contributed by atoms with E-state index in [2.05, 4.69) is 58.6 Å². The van der Waals surface area contributed by atoms with Gasteiger partial charge in [0.2, 0.25) is 0 Å². The Morgan fingerprint density at radius 3 is 2.82 bits per heavy atom. The maximum absolute atomic E-state index is 4.50. The van der Waals surface area contributed by atoms with E-state index in [0.29, 0.717) is 6.04 Å². The number of nitrogens with zero attached hydrogens (tertiary/aromatic N) is 3. The van der Waals surface area contributed by atoms with Crippen molar-refractivity contribution in [2.45, 2.75) is 50.8 Å². The highest BCUT2D eigenvalue weighted by atomic mass is 32.2. The zero-order chi connectivity index (χ0) is 15.5. The Morgan fingerprint density at radius 2 is 2.09 bits per heavy atom. The van der Waals surface area contributed by atoms with Crippen LogP contribution in [0, 0.1) is 5.92 Å². The van der Waals surface area contributed by atoms with Gasteiger partial charge in [-0.05, 0) is 43.4 Å². The lowest BCUT2D eigenvalue weighted by Crippen LogP contribution is -2.44. The molecule has 0 radical (unpaired) electrons. The number of H-pyrrole nitrogens is 1. The second kappa shape index (κ2) is 6.90. The Hall–Kier alpha value is -1.23. The third kappa shape index (κ3) is 3.09. The van der Waals surface area contributed by atoms with Gasteiger partial charge in [-0.15, -0.1) is 0 Å². The predicted molar refractivity (Wildman–Crippen MR) is 95.6 cm³/mol. The average molecular weight is 318 g/mol. The second-order valence-corrected chi connectivity index (χ2v) is 7.64. The molecule has 0 saturated heterocycles. The van der Waals surface area contributed by atoms with Gasteiger partial charge in [-0.2, -0.15) is 11.8 Å². The Kier molecular flexibility index (Phi) is 4.91. The summed E-state index contributed by atoms with van der Waals surface area (Å²) in [6, 6.07) is 2.69. The van der Waals surface area contributed by atoms with Crippen molar-refractivity contribution in [3.63, 3.8) is 0 Å². The van der Waals surface area contributed by atoms with Crippen LogP contribution in [0.1, 0.15) is 39.5 Å². The van der Waals surface area contributed by atoms with Crippen LogP contribution in [0.3, 0.4) is 0 Å². The summed E-state index contributed by atoms with van der Waals surface area (Å²) in [6.07, 6.45) is 8.77. The van der Waals surface area contributed by atoms with Crippen LogP contribution in [-0.2, 0) is 0 Å². The SMILES string of the molecule is CCC(CC)SC[C@H]1C[C@@H](N(C)c2ncnc3[nH]ccc23)C1. The highest BCUT2D eigenvalue weighted by Gasteiger charge is 2.33. The second-order valence-electron chi connectivity index (χ2n) is 6.31. The van der Waals surface area contributed by atoms with E-state index in [1.807, 2.05) is 6.20 Å². The first-order chi connectivity index (χ1) is 10.7. The molecule has 0 atom stereocenters. The molecule has 0 unspecified atom stereocenters. The summed E-state index contributed by atoms with van der Waals surface area (Å²) in [7, 11) is 2.17. The summed E-state index contributed by atoms with van der Waals surface area (Å²) in [5.74, 6) is 3.25. The molecule has 4 nitrogen and oxygen atoms in total. The van der Waals surface area contributed by atoms with Crippen molar-refractivity contribution in [1.29, 1.82) is 0 Å². The number of nitrogens with one attached hydrogen (secondary N) is 1. The third-order valence-electron chi connectivity index (χ3n) is 4.90. The van der Waals surface area contributed by atoms with Gasteiger partial charge in [0.1, 0.15) is 17.8 Å². The summed E-state index contributed by atoms with van der Waals surface area (Å²) in [6.45, 7) is 4.60. The van der Waals surface area contributed by atoms with E-state index in [-0.39, 0.29) is 0 Å². The molecule has 1 fully saturated rings. The maximum Gasteiger partial charge on any atom is 0.142 e. The molecular weight excluding hydrogens is 292 g/mol. The molecule has 3 rings (SSSR count). The van der Waals surface area contributed by atoms with E-state index in [4.69, 9.17) is 0 Å². The molecular formula is C17H26N4S. The number of anilines is 1. The molecule has 5 heteroatoms. The van der Waals surface area contributed by atoms with Crippen molar-refractivity contribution in [3.8, 4) is 0 Å². The Morgan fingerprint density at radius 1 is 1.32 bits per heavy atom. The van der Waals surface area contributed by atoms with Crippen LogP contribution >= 0.6 is 11.8 Å². The van der Waals surface area contributed by atoms with Gasteiger partial charge in [-0.25, -0.2) is 9.97 Å². The van der Waals surface area contributed by atoms with Crippen molar-refractivity contribution in [3.05, 3.63) is 18.6 Å². The Labute approximate surface area is 137 Å². The van der Waals surface area contributed by atoms with E-state index in [1.54, 1.807) is 6.33 Å². The number of aromatic amines is 1. The summed E-state index contributed by atoms with van der Waals surface area (Å²) in [5.41, 5.74) is 0.928. The normalized spacial score (nSPS) is 21.3. The molecule has 0 bridgehead atoms. The number of hydrogen-bond acceptors (Lipinski definition) is 4. The molecule has 2 aromatic heterocycles. The summed E-state index contributed by atoms with van der Waals surface area (Å²) < 4.78 is 0. The van der Waals surface area contributed by atoms with Crippen LogP contribution in [0.5, 0.6) is 0 Å². The van der Waals surface area contributed by atoms with Crippen LogP contribution in [0.2, 0.25) is 0 Å². The molecule has 1 aliphatic carbocycles. The van der Waals surface area contributed by atoms with Crippen LogP contribution in [0.25, 0.3) is 11.0 Å². The van der Waals surface area contributed by atoms with Crippen molar-refractivity contribution >= 4 is 28.6 Å². The summed E-state index contributed by atoms with van der Waals surface area (Å²) in [4.78, 5) is 14.3. The van der Waals surface area contributed by atoms with Gasteiger partial charge in [0, 0.05) is 24.5 Å². The zero-order valence-corrected chi connectivity index (χ0v) is 14.6. The van der Waals surface area contributed by atoms with Crippen molar-refractivity contribution in [2.75, 3.05) is 17.7 Å². The van der Waals surface area contributed by atoms with Gasteiger partial charge >= 0.3 is 0 Å². The molecule has 0 spiro atoms. The first-order valence-corrected chi connectivity index (χ1v) is 9.40. The summed E-state index contributed by atoms with van der Waals surface area (Å²) in [5, 5.41) is 1.97. The quantitative estimate of drug-likeness (QED) is 0.835. The lowest BCUT2D eigenvalue weighted by molar-refractivity contribution is 0.285. The smallest absolute Gasteiger partial charge is 0.142 e. The van der Waals surface area contributed by atoms with Crippen LogP contribution in [0.4, 0.5) is 5.82 Å².